The Balaban J connectivity index is 2.15. The van der Waals surface area contributed by atoms with E-state index >= 15 is 0 Å². The molecule has 0 aromatic carbocycles. The predicted octanol–water partition coefficient (Wildman–Crippen LogP) is 1.19. The molecule has 0 radical (unpaired) electrons. The summed E-state index contributed by atoms with van der Waals surface area (Å²) >= 11 is 0. The third-order valence-corrected chi connectivity index (χ3v) is 3.39. The SMILES string of the molecule is CC1NC2CCCC(C2)C(C)(N)O1. The van der Waals surface area contributed by atoms with Crippen molar-refractivity contribution in [1.82, 2.24) is 5.32 Å². The van der Waals surface area contributed by atoms with Gasteiger partial charge in [-0.15, -0.1) is 0 Å². The van der Waals surface area contributed by atoms with Crippen molar-refractivity contribution < 1.29 is 4.74 Å². The number of rotatable bonds is 0. The Morgan fingerprint density at radius 2 is 2.23 bits per heavy atom. The summed E-state index contributed by atoms with van der Waals surface area (Å²) in [6.45, 7) is 4.06. The van der Waals surface area contributed by atoms with Gasteiger partial charge in [-0.25, -0.2) is 0 Å². The van der Waals surface area contributed by atoms with E-state index < -0.39 is 5.72 Å². The van der Waals surface area contributed by atoms with Crippen LogP contribution >= 0.6 is 0 Å². The molecular weight excluding hydrogens is 164 g/mol. The molecule has 0 spiro atoms. The van der Waals surface area contributed by atoms with Gasteiger partial charge in [0.05, 0.1) is 0 Å². The summed E-state index contributed by atoms with van der Waals surface area (Å²) in [7, 11) is 0. The summed E-state index contributed by atoms with van der Waals surface area (Å²) in [6, 6.07) is 0.624. The molecule has 1 aliphatic heterocycles. The van der Waals surface area contributed by atoms with E-state index in [0.29, 0.717) is 12.0 Å². The molecule has 2 fully saturated rings. The average molecular weight is 184 g/mol. The number of hydrogen-bond acceptors (Lipinski definition) is 3. The molecule has 13 heavy (non-hydrogen) atoms. The van der Waals surface area contributed by atoms with Crippen LogP contribution < -0.4 is 11.1 Å². The lowest BCUT2D eigenvalue weighted by atomic mass is 9.80. The van der Waals surface area contributed by atoms with Crippen LogP contribution in [0.3, 0.4) is 0 Å². The lowest BCUT2D eigenvalue weighted by Gasteiger charge is -2.35. The van der Waals surface area contributed by atoms with Crippen LogP contribution in [0.25, 0.3) is 0 Å². The Hall–Kier alpha value is -0.120. The summed E-state index contributed by atoms with van der Waals surface area (Å²) in [5.41, 5.74) is 5.73. The van der Waals surface area contributed by atoms with Crippen molar-refractivity contribution >= 4 is 0 Å². The molecule has 1 aliphatic carbocycles. The Morgan fingerprint density at radius 3 is 3.00 bits per heavy atom. The minimum absolute atomic E-state index is 0.100. The van der Waals surface area contributed by atoms with E-state index in [1.807, 2.05) is 13.8 Å². The summed E-state index contributed by atoms with van der Waals surface area (Å²) < 4.78 is 5.78. The zero-order chi connectivity index (χ0) is 9.47. The minimum Gasteiger partial charge on any atom is -0.343 e. The lowest BCUT2D eigenvalue weighted by molar-refractivity contribution is -0.105. The molecule has 0 amide bonds. The fraction of sp³-hybridized carbons (Fsp3) is 1.00. The molecule has 3 heteroatoms. The molecule has 2 bridgehead atoms. The van der Waals surface area contributed by atoms with E-state index in [1.54, 1.807) is 0 Å². The molecule has 76 valence electrons. The van der Waals surface area contributed by atoms with E-state index in [1.165, 1.54) is 25.7 Å². The Bertz CT molecular complexity index is 193. The Morgan fingerprint density at radius 1 is 1.46 bits per heavy atom. The minimum atomic E-state index is -0.429. The van der Waals surface area contributed by atoms with Gasteiger partial charge in [-0.05, 0) is 33.1 Å². The normalized spacial score (nSPS) is 51.5. The number of nitrogens with two attached hydrogens (primary N) is 1. The van der Waals surface area contributed by atoms with Gasteiger partial charge in [-0.2, -0.15) is 0 Å². The summed E-state index contributed by atoms with van der Waals surface area (Å²) in [4.78, 5) is 0. The van der Waals surface area contributed by atoms with Crippen molar-refractivity contribution in [1.29, 1.82) is 0 Å². The van der Waals surface area contributed by atoms with Crippen LogP contribution in [0.5, 0.6) is 0 Å². The van der Waals surface area contributed by atoms with E-state index in [4.69, 9.17) is 10.5 Å². The first-order valence-electron chi connectivity index (χ1n) is 5.30. The fourth-order valence-electron chi connectivity index (χ4n) is 2.70. The predicted molar refractivity (Wildman–Crippen MR) is 52.0 cm³/mol. The van der Waals surface area contributed by atoms with Crippen LogP contribution in [0.2, 0.25) is 0 Å². The molecule has 3 nitrogen and oxygen atoms in total. The van der Waals surface area contributed by atoms with Gasteiger partial charge in [0.1, 0.15) is 12.0 Å². The van der Waals surface area contributed by atoms with Crippen LogP contribution in [0, 0.1) is 5.92 Å². The Kier molecular flexibility index (Phi) is 2.34. The molecule has 2 aliphatic rings. The highest BCUT2D eigenvalue weighted by Gasteiger charge is 2.39. The summed E-state index contributed by atoms with van der Waals surface area (Å²) in [5.74, 6) is 0.531. The molecule has 2 rings (SSSR count). The second-order valence-corrected chi connectivity index (χ2v) is 4.67. The van der Waals surface area contributed by atoms with Crippen molar-refractivity contribution in [2.45, 2.75) is 57.5 Å². The van der Waals surface area contributed by atoms with Gasteiger partial charge in [0, 0.05) is 12.0 Å². The number of ether oxygens (including phenoxy) is 1. The second kappa shape index (κ2) is 3.23. The van der Waals surface area contributed by atoms with E-state index in [2.05, 4.69) is 5.32 Å². The third-order valence-electron chi connectivity index (χ3n) is 3.39. The van der Waals surface area contributed by atoms with Crippen LogP contribution in [0.1, 0.15) is 39.5 Å². The molecule has 1 saturated heterocycles. The van der Waals surface area contributed by atoms with E-state index in [-0.39, 0.29) is 6.23 Å². The van der Waals surface area contributed by atoms with Crippen molar-refractivity contribution in [3.05, 3.63) is 0 Å². The Labute approximate surface area is 80.0 Å². The summed E-state index contributed by atoms with van der Waals surface area (Å²) in [6.07, 6.45) is 5.06. The van der Waals surface area contributed by atoms with Crippen molar-refractivity contribution in [2.24, 2.45) is 11.7 Å². The molecule has 0 aromatic heterocycles. The van der Waals surface area contributed by atoms with Crippen molar-refractivity contribution in [2.75, 3.05) is 0 Å². The number of fused-ring (bicyclic) bond motifs is 2. The third kappa shape index (κ3) is 1.87. The van der Waals surface area contributed by atoms with Crippen LogP contribution in [-0.2, 0) is 4.74 Å². The monoisotopic (exact) mass is 184 g/mol. The van der Waals surface area contributed by atoms with E-state index in [0.717, 1.165) is 0 Å². The zero-order valence-corrected chi connectivity index (χ0v) is 8.55. The summed E-state index contributed by atoms with van der Waals surface area (Å²) in [5, 5.41) is 3.46. The first-order valence-corrected chi connectivity index (χ1v) is 5.30. The quantitative estimate of drug-likeness (QED) is 0.594. The van der Waals surface area contributed by atoms with Crippen LogP contribution in [0.15, 0.2) is 0 Å². The first kappa shape index (κ1) is 9.44. The first-order chi connectivity index (χ1) is 6.08. The maximum Gasteiger partial charge on any atom is 0.118 e. The fourth-order valence-corrected chi connectivity index (χ4v) is 2.70. The zero-order valence-electron chi connectivity index (χ0n) is 8.55. The largest absolute Gasteiger partial charge is 0.343 e. The van der Waals surface area contributed by atoms with Gasteiger partial charge < -0.3 is 10.5 Å². The maximum atomic E-state index is 6.16. The van der Waals surface area contributed by atoms with Gasteiger partial charge >= 0.3 is 0 Å². The van der Waals surface area contributed by atoms with Gasteiger partial charge in [-0.3, -0.25) is 5.32 Å². The highest BCUT2D eigenvalue weighted by atomic mass is 16.5. The smallest absolute Gasteiger partial charge is 0.118 e. The van der Waals surface area contributed by atoms with Gasteiger partial charge in [0.15, 0.2) is 0 Å². The molecule has 4 atom stereocenters. The highest BCUT2D eigenvalue weighted by molar-refractivity contribution is 4.90. The van der Waals surface area contributed by atoms with Crippen LogP contribution in [-0.4, -0.2) is 18.0 Å². The van der Waals surface area contributed by atoms with Gasteiger partial charge in [-0.1, -0.05) is 6.42 Å². The molecule has 1 saturated carbocycles. The van der Waals surface area contributed by atoms with Gasteiger partial charge in [0.2, 0.25) is 0 Å². The molecule has 1 heterocycles. The van der Waals surface area contributed by atoms with Crippen molar-refractivity contribution in [3.8, 4) is 0 Å². The number of nitrogens with one attached hydrogen (secondary N) is 1. The van der Waals surface area contributed by atoms with Gasteiger partial charge in [0.25, 0.3) is 0 Å². The van der Waals surface area contributed by atoms with Crippen LogP contribution in [0.4, 0.5) is 0 Å². The average Bonchev–Trinajstić information content (AvgIpc) is 2.08. The highest BCUT2D eigenvalue weighted by Crippen LogP contribution is 2.35. The topological polar surface area (TPSA) is 47.3 Å². The second-order valence-electron chi connectivity index (χ2n) is 4.67. The van der Waals surface area contributed by atoms with E-state index in [9.17, 15) is 0 Å². The standard InChI is InChI=1S/C10H20N2O/c1-7-12-9-5-3-4-8(6-9)10(2,11)13-7/h7-9,12H,3-6,11H2,1-2H3. The molecule has 0 aromatic rings. The van der Waals surface area contributed by atoms with Crippen molar-refractivity contribution in [3.63, 3.8) is 0 Å². The lowest BCUT2D eigenvalue weighted by Crippen LogP contribution is -2.48. The molecular formula is C10H20N2O. The number of hydrogen-bond donors (Lipinski definition) is 2. The maximum absolute atomic E-state index is 6.16. The molecule has 3 N–H and O–H groups in total. The molecule has 4 unspecified atom stereocenters.